The lowest BCUT2D eigenvalue weighted by Crippen LogP contribution is -2.35. The Morgan fingerprint density at radius 3 is 2.84 bits per heavy atom. The van der Waals surface area contributed by atoms with Crippen molar-refractivity contribution < 1.29 is 14.6 Å². The van der Waals surface area contributed by atoms with Crippen LogP contribution in [0.15, 0.2) is 48.5 Å². The van der Waals surface area contributed by atoms with E-state index >= 15 is 0 Å². The standard InChI is InChI=1S/C21H27NO3/c1-17-6-4-8-19(14-17)25-13-11-22(16-20-9-5-12-24-20)15-18-7-2-3-10-21(18)23/h2-4,6-8,10,14,20,23H,5,9,11-13,15-16H2,1H3. The summed E-state index contributed by atoms with van der Waals surface area (Å²) in [6.45, 7) is 5.89. The highest BCUT2D eigenvalue weighted by Gasteiger charge is 2.20. The van der Waals surface area contributed by atoms with Crippen LogP contribution in [-0.4, -0.2) is 42.4 Å². The smallest absolute Gasteiger partial charge is 0.120 e. The monoisotopic (exact) mass is 341 g/mol. The number of ether oxygens (including phenoxy) is 2. The zero-order chi connectivity index (χ0) is 17.5. The molecule has 0 aliphatic carbocycles. The van der Waals surface area contributed by atoms with E-state index in [-0.39, 0.29) is 6.10 Å². The maximum atomic E-state index is 10.1. The van der Waals surface area contributed by atoms with Crippen molar-refractivity contribution in [2.24, 2.45) is 0 Å². The van der Waals surface area contributed by atoms with Gasteiger partial charge in [-0.3, -0.25) is 4.90 Å². The Kier molecular flexibility index (Phi) is 6.31. The Labute approximate surface area is 150 Å². The van der Waals surface area contributed by atoms with Crippen LogP contribution in [0.4, 0.5) is 0 Å². The van der Waals surface area contributed by atoms with E-state index in [1.165, 1.54) is 5.56 Å². The minimum atomic E-state index is 0.282. The highest BCUT2D eigenvalue weighted by molar-refractivity contribution is 5.31. The van der Waals surface area contributed by atoms with E-state index in [1.54, 1.807) is 6.07 Å². The molecule has 0 spiro atoms. The summed E-state index contributed by atoms with van der Waals surface area (Å²) in [7, 11) is 0. The Morgan fingerprint density at radius 1 is 1.20 bits per heavy atom. The van der Waals surface area contributed by atoms with Crippen molar-refractivity contribution >= 4 is 0 Å². The van der Waals surface area contributed by atoms with E-state index in [0.717, 1.165) is 43.9 Å². The van der Waals surface area contributed by atoms with Crippen LogP contribution in [0, 0.1) is 6.92 Å². The summed E-state index contributed by atoms with van der Waals surface area (Å²) in [5.41, 5.74) is 2.14. The fourth-order valence-corrected chi connectivity index (χ4v) is 3.19. The minimum absolute atomic E-state index is 0.282. The SMILES string of the molecule is Cc1cccc(OCCN(Cc2ccccc2O)CC2CCCO2)c1. The lowest BCUT2D eigenvalue weighted by molar-refractivity contribution is 0.0651. The molecule has 1 N–H and O–H groups in total. The van der Waals surface area contributed by atoms with Crippen molar-refractivity contribution in [1.82, 2.24) is 4.90 Å². The number of rotatable bonds is 8. The highest BCUT2D eigenvalue weighted by atomic mass is 16.5. The first-order valence-corrected chi connectivity index (χ1v) is 9.01. The van der Waals surface area contributed by atoms with Crippen LogP contribution in [0.25, 0.3) is 0 Å². The fraction of sp³-hybridized carbons (Fsp3) is 0.429. The second-order valence-electron chi connectivity index (χ2n) is 6.66. The molecule has 134 valence electrons. The maximum absolute atomic E-state index is 10.1. The number of benzene rings is 2. The molecule has 1 heterocycles. The van der Waals surface area contributed by atoms with Crippen LogP contribution in [-0.2, 0) is 11.3 Å². The average Bonchev–Trinajstić information content (AvgIpc) is 3.10. The van der Waals surface area contributed by atoms with Crippen molar-refractivity contribution in [1.29, 1.82) is 0 Å². The van der Waals surface area contributed by atoms with Crippen LogP contribution in [0.2, 0.25) is 0 Å². The summed E-state index contributed by atoms with van der Waals surface area (Å²) in [5.74, 6) is 1.25. The number of phenolic OH excluding ortho intramolecular Hbond substituents is 1. The quantitative estimate of drug-likeness (QED) is 0.794. The Bertz CT molecular complexity index is 668. The van der Waals surface area contributed by atoms with Gasteiger partial charge in [0.15, 0.2) is 0 Å². The molecular formula is C21H27NO3. The first kappa shape index (κ1) is 17.8. The van der Waals surface area contributed by atoms with Crippen LogP contribution < -0.4 is 4.74 Å². The molecule has 4 heteroatoms. The normalized spacial score (nSPS) is 17.1. The molecule has 1 saturated heterocycles. The molecule has 3 rings (SSSR count). The van der Waals surface area contributed by atoms with Gasteiger partial charge in [-0.15, -0.1) is 0 Å². The van der Waals surface area contributed by atoms with E-state index < -0.39 is 0 Å². The molecule has 25 heavy (non-hydrogen) atoms. The third kappa shape index (κ3) is 5.48. The van der Waals surface area contributed by atoms with E-state index in [0.29, 0.717) is 18.9 Å². The number of phenols is 1. The predicted octanol–water partition coefficient (Wildman–Crippen LogP) is 3.76. The zero-order valence-corrected chi connectivity index (χ0v) is 14.9. The van der Waals surface area contributed by atoms with Gasteiger partial charge < -0.3 is 14.6 Å². The van der Waals surface area contributed by atoms with Gasteiger partial charge in [0.25, 0.3) is 0 Å². The molecule has 0 bridgehead atoms. The number of hydrogen-bond acceptors (Lipinski definition) is 4. The van der Waals surface area contributed by atoms with Gasteiger partial charge in [-0.1, -0.05) is 30.3 Å². The van der Waals surface area contributed by atoms with Crippen molar-refractivity contribution in [2.75, 3.05) is 26.3 Å². The van der Waals surface area contributed by atoms with Crippen molar-refractivity contribution in [3.05, 3.63) is 59.7 Å². The van der Waals surface area contributed by atoms with Gasteiger partial charge in [0.1, 0.15) is 18.1 Å². The number of hydrogen-bond donors (Lipinski definition) is 1. The summed E-state index contributed by atoms with van der Waals surface area (Å²) in [4.78, 5) is 2.31. The lowest BCUT2D eigenvalue weighted by Gasteiger charge is -2.25. The topological polar surface area (TPSA) is 41.9 Å². The van der Waals surface area contributed by atoms with Gasteiger partial charge in [-0.05, 0) is 43.5 Å². The Morgan fingerprint density at radius 2 is 2.08 bits per heavy atom. The molecule has 2 aromatic carbocycles. The first-order chi connectivity index (χ1) is 12.2. The van der Waals surface area contributed by atoms with Crippen molar-refractivity contribution in [3.8, 4) is 11.5 Å². The molecule has 1 fully saturated rings. The number of nitrogens with zero attached hydrogens (tertiary/aromatic N) is 1. The molecule has 1 aliphatic rings. The van der Waals surface area contributed by atoms with Crippen molar-refractivity contribution in [3.63, 3.8) is 0 Å². The van der Waals surface area contributed by atoms with Crippen LogP contribution in [0.3, 0.4) is 0 Å². The summed E-state index contributed by atoms with van der Waals surface area (Å²) in [6, 6.07) is 15.6. The van der Waals surface area contributed by atoms with Crippen LogP contribution in [0.1, 0.15) is 24.0 Å². The summed E-state index contributed by atoms with van der Waals surface area (Å²) in [6.07, 6.45) is 2.52. The van der Waals surface area contributed by atoms with E-state index in [1.807, 2.05) is 36.4 Å². The molecule has 1 atom stereocenters. The lowest BCUT2D eigenvalue weighted by atomic mass is 10.1. The molecule has 0 saturated carbocycles. The molecule has 1 unspecified atom stereocenters. The number of para-hydroxylation sites is 1. The molecule has 0 radical (unpaired) electrons. The Hall–Kier alpha value is -2.04. The molecule has 4 nitrogen and oxygen atoms in total. The highest BCUT2D eigenvalue weighted by Crippen LogP contribution is 2.20. The fourth-order valence-electron chi connectivity index (χ4n) is 3.19. The van der Waals surface area contributed by atoms with Gasteiger partial charge >= 0.3 is 0 Å². The average molecular weight is 341 g/mol. The maximum Gasteiger partial charge on any atom is 0.120 e. The third-order valence-electron chi connectivity index (χ3n) is 4.54. The van der Waals surface area contributed by atoms with E-state index in [9.17, 15) is 5.11 Å². The van der Waals surface area contributed by atoms with Crippen molar-refractivity contribution in [2.45, 2.75) is 32.4 Å². The summed E-state index contributed by atoms with van der Waals surface area (Å²) >= 11 is 0. The van der Waals surface area contributed by atoms with Crippen LogP contribution >= 0.6 is 0 Å². The third-order valence-corrected chi connectivity index (χ3v) is 4.54. The molecule has 0 amide bonds. The molecule has 1 aliphatic heterocycles. The van der Waals surface area contributed by atoms with E-state index in [2.05, 4.69) is 17.9 Å². The van der Waals surface area contributed by atoms with Gasteiger partial charge in [0.05, 0.1) is 6.10 Å². The van der Waals surface area contributed by atoms with Crippen LogP contribution in [0.5, 0.6) is 11.5 Å². The molecular weight excluding hydrogens is 314 g/mol. The van der Waals surface area contributed by atoms with Gasteiger partial charge in [0, 0.05) is 31.8 Å². The largest absolute Gasteiger partial charge is 0.508 e. The first-order valence-electron chi connectivity index (χ1n) is 9.01. The molecule has 0 aromatic heterocycles. The summed E-state index contributed by atoms with van der Waals surface area (Å²) in [5, 5.41) is 10.1. The predicted molar refractivity (Wildman–Crippen MR) is 99.0 cm³/mol. The van der Waals surface area contributed by atoms with Gasteiger partial charge in [-0.25, -0.2) is 0 Å². The summed E-state index contributed by atoms with van der Waals surface area (Å²) < 4.78 is 11.7. The minimum Gasteiger partial charge on any atom is -0.508 e. The van der Waals surface area contributed by atoms with Gasteiger partial charge in [0.2, 0.25) is 0 Å². The number of aromatic hydroxyl groups is 1. The second kappa shape index (κ2) is 8.88. The number of aryl methyl sites for hydroxylation is 1. The Balaban J connectivity index is 1.58. The molecule has 2 aromatic rings. The van der Waals surface area contributed by atoms with E-state index in [4.69, 9.17) is 9.47 Å². The van der Waals surface area contributed by atoms with Gasteiger partial charge in [-0.2, -0.15) is 0 Å². The second-order valence-corrected chi connectivity index (χ2v) is 6.66. The zero-order valence-electron chi connectivity index (χ0n) is 14.9.